The summed E-state index contributed by atoms with van der Waals surface area (Å²) in [6, 6.07) is 2.81. The summed E-state index contributed by atoms with van der Waals surface area (Å²) in [6.45, 7) is 1.86. The van der Waals surface area contributed by atoms with Gasteiger partial charge in [0.2, 0.25) is 11.8 Å². The number of rotatable bonds is 5. The summed E-state index contributed by atoms with van der Waals surface area (Å²) in [5.74, 6) is -2.97. The fraction of sp³-hybridized carbons (Fsp3) is 0.389. The quantitative estimate of drug-likeness (QED) is 0.624. The smallest absolute Gasteiger partial charge is 0.326 e. The number of carboxylic acids is 1. The molecule has 0 aliphatic carbocycles. The molecule has 27 heavy (non-hydrogen) atoms. The molecular weight excluding hydrogens is 354 g/mol. The van der Waals surface area contributed by atoms with E-state index in [1.54, 1.807) is 13.0 Å². The minimum absolute atomic E-state index is 0.164. The van der Waals surface area contributed by atoms with Crippen molar-refractivity contribution < 1.29 is 29.1 Å². The molecule has 9 nitrogen and oxygen atoms in total. The van der Waals surface area contributed by atoms with Crippen LogP contribution < -0.4 is 10.6 Å². The summed E-state index contributed by atoms with van der Waals surface area (Å²) in [5.41, 5.74) is 1.15. The Labute approximate surface area is 154 Å². The van der Waals surface area contributed by atoms with Crippen LogP contribution in [-0.2, 0) is 20.9 Å². The zero-order valence-electron chi connectivity index (χ0n) is 14.7. The summed E-state index contributed by atoms with van der Waals surface area (Å²) in [6.07, 6.45) is 0.653. The third-order valence-electron chi connectivity index (χ3n) is 4.80. The zero-order chi connectivity index (χ0) is 19.7. The predicted octanol–water partition coefficient (Wildman–Crippen LogP) is 0.0406. The van der Waals surface area contributed by atoms with Crippen molar-refractivity contribution >= 4 is 29.6 Å². The van der Waals surface area contributed by atoms with Gasteiger partial charge < -0.3 is 15.3 Å². The van der Waals surface area contributed by atoms with Crippen molar-refractivity contribution in [1.82, 2.24) is 15.5 Å². The van der Waals surface area contributed by atoms with E-state index < -0.39 is 29.9 Å². The lowest BCUT2D eigenvalue weighted by Crippen LogP contribution is -2.52. The fourth-order valence-corrected chi connectivity index (χ4v) is 3.28. The average molecular weight is 373 g/mol. The minimum Gasteiger partial charge on any atom is -0.480 e. The lowest BCUT2D eigenvalue weighted by Gasteiger charge is -2.29. The van der Waals surface area contributed by atoms with Gasteiger partial charge in [-0.2, -0.15) is 0 Å². The third kappa shape index (κ3) is 3.53. The normalized spacial score (nSPS) is 20.1. The van der Waals surface area contributed by atoms with E-state index in [2.05, 4.69) is 10.6 Å². The molecule has 2 aliphatic rings. The number of piperidine rings is 1. The first kappa shape index (κ1) is 18.6. The number of hydrogen-bond acceptors (Lipinski definition) is 5. The molecule has 1 saturated heterocycles. The molecule has 1 unspecified atom stereocenters. The third-order valence-corrected chi connectivity index (χ3v) is 4.80. The second-order valence-electron chi connectivity index (χ2n) is 6.54. The largest absolute Gasteiger partial charge is 0.480 e. The molecule has 9 heteroatoms. The van der Waals surface area contributed by atoms with Gasteiger partial charge in [0, 0.05) is 24.1 Å². The second kappa shape index (κ2) is 7.18. The highest BCUT2D eigenvalue weighted by atomic mass is 16.4. The van der Waals surface area contributed by atoms with Gasteiger partial charge in [-0.25, -0.2) is 4.79 Å². The summed E-state index contributed by atoms with van der Waals surface area (Å²) < 4.78 is 0. The second-order valence-corrected chi connectivity index (χ2v) is 6.54. The molecule has 0 aromatic heterocycles. The van der Waals surface area contributed by atoms with Gasteiger partial charge in [-0.05, 0) is 30.5 Å². The molecule has 2 heterocycles. The fourth-order valence-electron chi connectivity index (χ4n) is 3.28. The monoisotopic (exact) mass is 373 g/mol. The van der Waals surface area contributed by atoms with Crippen LogP contribution in [0.5, 0.6) is 0 Å². The van der Waals surface area contributed by atoms with Crippen LogP contribution in [0.1, 0.15) is 52.5 Å². The number of carbonyl (C=O) groups is 5. The topological polar surface area (TPSA) is 133 Å². The highest BCUT2D eigenvalue weighted by Crippen LogP contribution is 2.28. The predicted molar refractivity (Wildman–Crippen MR) is 91.7 cm³/mol. The highest BCUT2D eigenvalue weighted by molar-refractivity contribution is 6.06. The van der Waals surface area contributed by atoms with Gasteiger partial charge in [0.1, 0.15) is 12.1 Å². The van der Waals surface area contributed by atoms with Crippen molar-refractivity contribution in [3.8, 4) is 0 Å². The van der Waals surface area contributed by atoms with Gasteiger partial charge in [-0.1, -0.05) is 13.0 Å². The maximum atomic E-state index is 12.7. The molecule has 1 aromatic rings. The van der Waals surface area contributed by atoms with Crippen molar-refractivity contribution in [3.05, 3.63) is 34.9 Å². The van der Waals surface area contributed by atoms with Crippen LogP contribution >= 0.6 is 0 Å². The van der Waals surface area contributed by atoms with E-state index >= 15 is 0 Å². The first-order valence-electron chi connectivity index (χ1n) is 8.63. The Morgan fingerprint density at radius 2 is 2.07 bits per heavy atom. The summed E-state index contributed by atoms with van der Waals surface area (Å²) >= 11 is 0. The van der Waals surface area contributed by atoms with E-state index in [1.807, 2.05) is 0 Å². The number of aliphatic carboxylic acids is 1. The first-order chi connectivity index (χ1) is 12.8. The number of amides is 4. The highest BCUT2D eigenvalue weighted by Gasteiger charge is 2.39. The molecule has 4 amide bonds. The Kier molecular flexibility index (Phi) is 4.93. The van der Waals surface area contributed by atoms with Gasteiger partial charge in [-0.3, -0.25) is 24.5 Å². The standard InChI is InChI=1S/C18H19N3O6/c1-2-12(18(26)27)19-15(23)9-3-4-10-8-21(17(25)11(10)7-9)13-5-6-14(22)20-16(13)24/h3-4,7,12-13H,2,5-6,8H2,1H3,(H,19,23)(H,26,27)(H,20,22,24)/t12-,13?/m0/s1. The molecule has 2 aliphatic heterocycles. The van der Waals surface area contributed by atoms with Crippen molar-refractivity contribution in [1.29, 1.82) is 0 Å². The van der Waals surface area contributed by atoms with E-state index in [-0.39, 0.29) is 43.2 Å². The molecule has 3 N–H and O–H groups in total. The zero-order valence-corrected chi connectivity index (χ0v) is 14.7. The van der Waals surface area contributed by atoms with Crippen LogP contribution in [0.2, 0.25) is 0 Å². The Morgan fingerprint density at radius 3 is 2.70 bits per heavy atom. The number of hydrogen-bond donors (Lipinski definition) is 3. The van der Waals surface area contributed by atoms with Crippen molar-refractivity contribution in [3.63, 3.8) is 0 Å². The summed E-state index contributed by atoms with van der Waals surface area (Å²) in [5, 5.41) is 13.7. The van der Waals surface area contributed by atoms with Gasteiger partial charge in [-0.15, -0.1) is 0 Å². The maximum Gasteiger partial charge on any atom is 0.326 e. The van der Waals surface area contributed by atoms with Gasteiger partial charge in [0.15, 0.2) is 0 Å². The van der Waals surface area contributed by atoms with Gasteiger partial charge in [0.05, 0.1) is 0 Å². The number of imide groups is 1. The molecule has 0 spiro atoms. The Morgan fingerprint density at radius 1 is 1.33 bits per heavy atom. The number of carbonyl (C=O) groups excluding carboxylic acids is 4. The van der Waals surface area contributed by atoms with Crippen molar-refractivity contribution in [2.75, 3.05) is 0 Å². The number of benzene rings is 1. The minimum atomic E-state index is -1.13. The molecule has 1 fully saturated rings. The average Bonchev–Trinajstić information content (AvgIpc) is 2.95. The molecule has 3 rings (SSSR count). The number of carboxylic acid groups (broad SMARTS) is 1. The van der Waals surface area contributed by atoms with Crippen LogP contribution in [0, 0.1) is 0 Å². The lowest BCUT2D eigenvalue weighted by atomic mass is 10.0. The molecule has 0 radical (unpaired) electrons. The Balaban J connectivity index is 1.78. The molecule has 0 saturated carbocycles. The van der Waals surface area contributed by atoms with Gasteiger partial charge in [0.25, 0.3) is 11.8 Å². The van der Waals surface area contributed by atoms with Crippen LogP contribution in [0.15, 0.2) is 18.2 Å². The van der Waals surface area contributed by atoms with Crippen LogP contribution in [0.4, 0.5) is 0 Å². The number of nitrogens with zero attached hydrogens (tertiary/aromatic N) is 1. The van der Waals surface area contributed by atoms with Crippen LogP contribution in [0.25, 0.3) is 0 Å². The van der Waals surface area contributed by atoms with E-state index in [9.17, 15) is 24.0 Å². The Bertz CT molecular complexity index is 849. The Hall–Kier alpha value is -3.23. The van der Waals surface area contributed by atoms with E-state index in [0.29, 0.717) is 11.1 Å². The van der Waals surface area contributed by atoms with Crippen molar-refractivity contribution in [2.45, 2.75) is 44.8 Å². The van der Waals surface area contributed by atoms with E-state index in [4.69, 9.17) is 5.11 Å². The van der Waals surface area contributed by atoms with Crippen LogP contribution in [-0.4, -0.2) is 51.7 Å². The number of nitrogens with one attached hydrogen (secondary N) is 2. The first-order valence-corrected chi connectivity index (χ1v) is 8.63. The summed E-state index contributed by atoms with van der Waals surface area (Å²) in [4.78, 5) is 60.8. The van der Waals surface area contributed by atoms with Crippen LogP contribution in [0.3, 0.4) is 0 Å². The molecular formula is C18H19N3O6. The lowest BCUT2D eigenvalue weighted by molar-refractivity contribution is -0.139. The van der Waals surface area contributed by atoms with E-state index in [0.717, 1.165) is 0 Å². The number of fused-ring (bicyclic) bond motifs is 1. The molecule has 2 atom stereocenters. The maximum absolute atomic E-state index is 12.7. The molecule has 142 valence electrons. The SMILES string of the molecule is CC[C@H](NC(=O)c1ccc2c(c1)C(=O)N(C1CCC(=O)NC1=O)C2)C(=O)O. The van der Waals surface area contributed by atoms with E-state index in [1.165, 1.54) is 17.0 Å². The molecule has 0 bridgehead atoms. The van der Waals surface area contributed by atoms with Crippen molar-refractivity contribution in [2.24, 2.45) is 0 Å². The summed E-state index contributed by atoms with van der Waals surface area (Å²) in [7, 11) is 0. The molecule has 1 aromatic carbocycles. The van der Waals surface area contributed by atoms with Gasteiger partial charge >= 0.3 is 5.97 Å².